The van der Waals surface area contributed by atoms with Gasteiger partial charge in [-0.1, -0.05) is 18.9 Å². The van der Waals surface area contributed by atoms with Crippen molar-refractivity contribution in [3.05, 3.63) is 11.1 Å². The molecular weight excluding hydrogens is 182 g/mol. The molecule has 0 saturated carbocycles. The van der Waals surface area contributed by atoms with Gasteiger partial charge in [-0.3, -0.25) is 0 Å². The summed E-state index contributed by atoms with van der Waals surface area (Å²) in [4.78, 5) is 15.4. The molecule has 0 amide bonds. The fourth-order valence-electron chi connectivity index (χ4n) is 1.44. The monoisotopic (exact) mass is 199 g/mol. The van der Waals surface area contributed by atoms with Crippen LogP contribution in [0.1, 0.15) is 33.1 Å². The first-order valence-electron chi connectivity index (χ1n) is 4.90. The summed E-state index contributed by atoms with van der Waals surface area (Å²) in [6, 6.07) is 0. The highest BCUT2D eigenvalue weighted by Crippen LogP contribution is 2.24. The van der Waals surface area contributed by atoms with Crippen molar-refractivity contribution in [3.8, 4) is 0 Å². The number of hydrogen-bond acceptors (Lipinski definition) is 4. The summed E-state index contributed by atoms with van der Waals surface area (Å²) in [6.45, 7) is 4.63. The average Bonchev–Trinajstić information content (AvgIpc) is 2.98. The highest BCUT2D eigenvalue weighted by atomic mass is 16.7. The van der Waals surface area contributed by atoms with Crippen LogP contribution >= 0.6 is 0 Å². The molecule has 0 aromatic rings. The number of hydrogen-bond donors (Lipinski definition) is 1. The lowest BCUT2D eigenvalue weighted by atomic mass is 10.00. The van der Waals surface area contributed by atoms with Gasteiger partial charge in [-0.05, 0) is 19.8 Å². The lowest BCUT2D eigenvalue weighted by molar-refractivity contribution is -0.139. The summed E-state index contributed by atoms with van der Waals surface area (Å²) in [7, 11) is 0. The zero-order valence-electron chi connectivity index (χ0n) is 8.71. The molecule has 0 radical (unpaired) electrons. The minimum absolute atomic E-state index is 0.303. The van der Waals surface area contributed by atoms with Gasteiger partial charge in [-0.2, -0.15) is 5.90 Å². The fourth-order valence-corrected chi connectivity index (χ4v) is 1.44. The molecule has 14 heavy (non-hydrogen) atoms. The van der Waals surface area contributed by atoms with E-state index in [2.05, 4.69) is 11.8 Å². The van der Waals surface area contributed by atoms with Crippen LogP contribution in [0.15, 0.2) is 11.1 Å². The summed E-state index contributed by atoms with van der Waals surface area (Å²) in [5.41, 5.74) is 1.73. The van der Waals surface area contributed by atoms with Crippen LogP contribution in [-0.4, -0.2) is 18.7 Å². The fraction of sp³-hybridized carbons (Fsp3) is 0.700. The molecule has 4 heteroatoms. The predicted octanol–water partition coefficient (Wildman–Crippen LogP) is 1.31. The van der Waals surface area contributed by atoms with Gasteiger partial charge >= 0.3 is 5.97 Å². The molecule has 2 N–H and O–H groups in total. The van der Waals surface area contributed by atoms with Crippen molar-refractivity contribution in [1.29, 1.82) is 0 Å². The topological polar surface area (TPSA) is 64.8 Å². The second kappa shape index (κ2) is 5.12. The van der Waals surface area contributed by atoms with Crippen LogP contribution < -0.4 is 5.90 Å². The minimum atomic E-state index is -0.436. The molecule has 4 nitrogen and oxygen atoms in total. The van der Waals surface area contributed by atoms with Crippen molar-refractivity contribution in [1.82, 2.24) is 0 Å². The second-order valence-corrected chi connectivity index (χ2v) is 3.54. The normalized spacial score (nSPS) is 21.5. The van der Waals surface area contributed by atoms with Crippen molar-refractivity contribution in [2.24, 2.45) is 5.90 Å². The molecule has 0 aromatic heterocycles. The molecule has 0 bridgehead atoms. The smallest absolute Gasteiger partial charge is 0.352 e. The van der Waals surface area contributed by atoms with E-state index in [4.69, 9.17) is 10.6 Å². The Hall–Kier alpha value is -0.870. The standard InChI is InChI=1S/C10H17NO3/c1-3-4-8(5-9-6-13-9)7(2)10(12)14-11/h9H,3-6,11H2,1-2H3. The third-order valence-corrected chi connectivity index (χ3v) is 2.37. The molecule has 1 saturated heterocycles. The Labute approximate surface area is 84.0 Å². The van der Waals surface area contributed by atoms with Gasteiger partial charge in [-0.25, -0.2) is 4.79 Å². The number of nitrogens with two attached hydrogens (primary N) is 1. The summed E-state index contributed by atoms with van der Waals surface area (Å²) >= 11 is 0. The lowest BCUT2D eigenvalue weighted by Gasteiger charge is -2.08. The van der Waals surface area contributed by atoms with Gasteiger partial charge in [0.2, 0.25) is 0 Å². The van der Waals surface area contributed by atoms with Crippen molar-refractivity contribution in [3.63, 3.8) is 0 Å². The van der Waals surface area contributed by atoms with Gasteiger partial charge in [-0.15, -0.1) is 0 Å². The second-order valence-electron chi connectivity index (χ2n) is 3.54. The summed E-state index contributed by atoms with van der Waals surface area (Å²) in [5.74, 6) is 4.40. The molecular formula is C10H17NO3. The van der Waals surface area contributed by atoms with E-state index in [-0.39, 0.29) is 0 Å². The first-order valence-corrected chi connectivity index (χ1v) is 4.90. The molecule has 1 aliphatic heterocycles. The van der Waals surface area contributed by atoms with Crippen LogP contribution in [0.2, 0.25) is 0 Å². The summed E-state index contributed by atoms with van der Waals surface area (Å²) in [6.07, 6.45) is 3.05. The molecule has 0 aliphatic carbocycles. The van der Waals surface area contributed by atoms with Crippen LogP contribution in [0.25, 0.3) is 0 Å². The quantitative estimate of drug-likeness (QED) is 0.412. The maximum absolute atomic E-state index is 11.2. The van der Waals surface area contributed by atoms with Gasteiger partial charge in [0.1, 0.15) is 0 Å². The van der Waals surface area contributed by atoms with Crippen LogP contribution in [0.3, 0.4) is 0 Å². The molecule has 1 aliphatic rings. The highest BCUT2D eigenvalue weighted by Gasteiger charge is 2.25. The number of epoxide rings is 1. The molecule has 1 atom stereocenters. The number of ether oxygens (including phenoxy) is 1. The minimum Gasteiger partial charge on any atom is -0.373 e. The Morgan fingerprint density at radius 2 is 2.29 bits per heavy atom. The number of carbonyl (C=O) groups is 1. The maximum atomic E-state index is 11.2. The van der Waals surface area contributed by atoms with Crippen LogP contribution in [0, 0.1) is 0 Å². The van der Waals surface area contributed by atoms with Crippen LogP contribution in [0.4, 0.5) is 0 Å². The SMILES string of the molecule is CCCC(CC1CO1)=C(C)C(=O)ON. The third kappa shape index (κ3) is 3.12. The van der Waals surface area contributed by atoms with Crippen molar-refractivity contribution in [2.45, 2.75) is 39.2 Å². The molecule has 0 spiro atoms. The van der Waals surface area contributed by atoms with Gasteiger partial charge in [0, 0.05) is 5.57 Å². The van der Waals surface area contributed by atoms with Crippen molar-refractivity contribution in [2.75, 3.05) is 6.61 Å². The molecule has 1 heterocycles. The van der Waals surface area contributed by atoms with Gasteiger partial charge in [0.25, 0.3) is 0 Å². The van der Waals surface area contributed by atoms with E-state index >= 15 is 0 Å². The first kappa shape index (κ1) is 11.2. The zero-order valence-corrected chi connectivity index (χ0v) is 8.71. The zero-order chi connectivity index (χ0) is 10.6. The lowest BCUT2D eigenvalue weighted by Crippen LogP contribution is -2.13. The van der Waals surface area contributed by atoms with E-state index in [1.807, 2.05) is 0 Å². The van der Waals surface area contributed by atoms with E-state index < -0.39 is 5.97 Å². The Morgan fingerprint density at radius 1 is 1.64 bits per heavy atom. The van der Waals surface area contributed by atoms with Gasteiger partial charge in [0.15, 0.2) is 0 Å². The molecule has 0 aromatic carbocycles. The first-order chi connectivity index (χ1) is 6.69. The van der Waals surface area contributed by atoms with E-state index in [0.29, 0.717) is 11.7 Å². The van der Waals surface area contributed by atoms with E-state index in [1.165, 1.54) is 0 Å². The molecule has 1 rings (SSSR count). The van der Waals surface area contributed by atoms with Gasteiger partial charge < -0.3 is 9.57 Å². The maximum Gasteiger partial charge on any atom is 0.352 e. The van der Waals surface area contributed by atoms with Crippen LogP contribution in [-0.2, 0) is 14.4 Å². The Morgan fingerprint density at radius 3 is 2.71 bits per heavy atom. The summed E-state index contributed by atoms with van der Waals surface area (Å²) < 4.78 is 5.13. The largest absolute Gasteiger partial charge is 0.373 e. The third-order valence-electron chi connectivity index (χ3n) is 2.37. The van der Waals surface area contributed by atoms with E-state index in [9.17, 15) is 4.79 Å². The molecule has 1 fully saturated rings. The van der Waals surface area contributed by atoms with Crippen LogP contribution in [0.5, 0.6) is 0 Å². The highest BCUT2D eigenvalue weighted by molar-refractivity contribution is 5.88. The predicted molar refractivity (Wildman–Crippen MR) is 52.2 cm³/mol. The number of carbonyl (C=O) groups excluding carboxylic acids is 1. The van der Waals surface area contributed by atoms with E-state index in [1.54, 1.807) is 6.92 Å². The van der Waals surface area contributed by atoms with E-state index in [0.717, 1.165) is 31.4 Å². The average molecular weight is 199 g/mol. The molecule has 80 valence electrons. The number of rotatable bonds is 5. The van der Waals surface area contributed by atoms with Gasteiger partial charge in [0.05, 0.1) is 12.7 Å². The summed E-state index contributed by atoms with van der Waals surface area (Å²) in [5, 5.41) is 0. The van der Waals surface area contributed by atoms with Crippen molar-refractivity contribution < 1.29 is 14.4 Å². The van der Waals surface area contributed by atoms with Crippen molar-refractivity contribution >= 4 is 5.97 Å². The molecule has 1 unspecified atom stereocenters. The Balaban J connectivity index is 2.64. The Bertz CT molecular complexity index is 244. The Kier molecular flexibility index (Phi) is 4.10.